The predicted octanol–water partition coefficient (Wildman–Crippen LogP) is 3.27. The van der Waals surface area contributed by atoms with Gasteiger partial charge in [0.1, 0.15) is 36.5 Å². The molecule has 0 amide bonds. The van der Waals surface area contributed by atoms with Gasteiger partial charge in [-0.05, 0) is 42.3 Å². The van der Waals surface area contributed by atoms with Crippen molar-refractivity contribution in [3.63, 3.8) is 0 Å². The number of halogens is 1. The molecule has 0 radical (unpaired) electrons. The van der Waals surface area contributed by atoms with Crippen LogP contribution in [0.3, 0.4) is 0 Å². The summed E-state index contributed by atoms with van der Waals surface area (Å²) in [5, 5.41) is 22.7. The average molecular weight is 450 g/mol. The van der Waals surface area contributed by atoms with Crippen LogP contribution in [0.15, 0.2) is 60.9 Å². The molecule has 2 aromatic carbocycles. The molecule has 1 aliphatic carbocycles. The molecule has 1 aliphatic rings. The second kappa shape index (κ2) is 10.6. The number of ether oxygens (including phenoxy) is 1. The van der Waals surface area contributed by atoms with Crippen LogP contribution in [0.1, 0.15) is 36.9 Å². The van der Waals surface area contributed by atoms with Crippen LogP contribution >= 0.6 is 0 Å². The number of aliphatic hydroxyl groups is 2. The molecular formula is C26H28FN3O3. The second-order valence-electron chi connectivity index (χ2n) is 8.08. The van der Waals surface area contributed by atoms with Gasteiger partial charge in [-0.3, -0.25) is 0 Å². The van der Waals surface area contributed by atoms with E-state index in [4.69, 9.17) is 4.74 Å². The van der Waals surface area contributed by atoms with Crippen LogP contribution in [0, 0.1) is 11.8 Å². The number of aliphatic hydroxyl groups excluding tert-OH is 2. The monoisotopic (exact) mass is 449 g/mol. The molecule has 1 aromatic heterocycles. The molecule has 6 nitrogen and oxygen atoms in total. The summed E-state index contributed by atoms with van der Waals surface area (Å²) in [6, 6.07) is 15.6. The first-order valence-corrected chi connectivity index (χ1v) is 11.1. The maximum absolute atomic E-state index is 12.2. The molecular weight excluding hydrogens is 421 g/mol. The van der Waals surface area contributed by atoms with Crippen molar-refractivity contribution in [2.45, 2.75) is 37.6 Å². The normalized spacial score (nSPS) is 18.8. The zero-order chi connectivity index (χ0) is 23.2. The van der Waals surface area contributed by atoms with Gasteiger partial charge in [-0.2, -0.15) is 0 Å². The van der Waals surface area contributed by atoms with Gasteiger partial charge in [0.15, 0.2) is 0 Å². The fourth-order valence-corrected chi connectivity index (χ4v) is 3.68. The van der Waals surface area contributed by atoms with Crippen molar-refractivity contribution in [2.75, 3.05) is 19.8 Å². The lowest BCUT2D eigenvalue weighted by atomic mass is 10.0. The molecule has 1 heterocycles. The first-order chi connectivity index (χ1) is 16.1. The number of rotatable bonds is 9. The zero-order valence-corrected chi connectivity index (χ0v) is 18.5. The van der Waals surface area contributed by atoms with E-state index in [1.54, 1.807) is 23.9 Å². The Hall–Kier alpha value is -3.18. The van der Waals surface area contributed by atoms with Gasteiger partial charge in [0, 0.05) is 37.0 Å². The lowest BCUT2D eigenvalue weighted by Crippen LogP contribution is -2.23. The highest BCUT2D eigenvalue weighted by Gasteiger charge is 2.38. The Kier molecular flexibility index (Phi) is 7.40. The fourth-order valence-electron chi connectivity index (χ4n) is 3.68. The van der Waals surface area contributed by atoms with Crippen molar-refractivity contribution in [1.29, 1.82) is 0 Å². The first-order valence-electron chi connectivity index (χ1n) is 11.1. The summed E-state index contributed by atoms with van der Waals surface area (Å²) in [6.07, 6.45) is 3.57. The van der Waals surface area contributed by atoms with Crippen molar-refractivity contribution in [3.8, 4) is 28.7 Å². The van der Waals surface area contributed by atoms with E-state index in [-0.39, 0.29) is 25.4 Å². The van der Waals surface area contributed by atoms with Gasteiger partial charge in [0.25, 0.3) is 0 Å². The van der Waals surface area contributed by atoms with Gasteiger partial charge in [-0.15, -0.1) is 0 Å². The molecule has 0 bridgehead atoms. The maximum Gasteiger partial charge on any atom is 0.138 e. The Balaban J connectivity index is 1.38. The van der Waals surface area contributed by atoms with Crippen molar-refractivity contribution in [1.82, 2.24) is 14.9 Å². The number of hydrogen-bond acceptors (Lipinski definition) is 5. The number of imidazole rings is 1. The number of nitrogens with one attached hydrogen (secondary N) is 1. The molecule has 1 saturated carbocycles. The van der Waals surface area contributed by atoms with Crippen LogP contribution in [-0.2, 0) is 0 Å². The summed E-state index contributed by atoms with van der Waals surface area (Å²) < 4.78 is 19.8. The number of aromatic nitrogens is 2. The molecule has 7 heteroatoms. The highest BCUT2D eigenvalue weighted by molar-refractivity contribution is 5.65. The highest BCUT2D eigenvalue weighted by atomic mass is 19.1. The zero-order valence-electron chi connectivity index (χ0n) is 18.5. The maximum atomic E-state index is 12.2. The van der Waals surface area contributed by atoms with Crippen molar-refractivity contribution in [3.05, 3.63) is 72.3 Å². The third kappa shape index (κ3) is 5.79. The van der Waals surface area contributed by atoms with Gasteiger partial charge in [-0.25, -0.2) is 9.37 Å². The van der Waals surface area contributed by atoms with E-state index >= 15 is 0 Å². The van der Waals surface area contributed by atoms with Crippen molar-refractivity contribution >= 4 is 0 Å². The molecule has 4 rings (SSSR count). The van der Waals surface area contributed by atoms with Crippen LogP contribution in [0.5, 0.6) is 5.75 Å². The Labute approximate surface area is 193 Å². The minimum absolute atomic E-state index is 0.113. The second-order valence-corrected chi connectivity index (χ2v) is 8.08. The fraction of sp³-hybridized carbons (Fsp3) is 0.346. The summed E-state index contributed by atoms with van der Waals surface area (Å²) in [4.78, 5) is 4.13. The molecule has 33 heavy (non-hydrogen) atoms. The summed E-state index contributed by atoms with van der Waals surface area (Å²) >= 11 is 0. The average Bonchev–Trinajstić information content (AvgIpc) is 3.37. The predicted molar refractivity (Wildman–Crippen MR) is 125 cm³/mol. The lowest BCUT2D eigenvalue weighted by Gasteiger charge is -2.14. The number of benzene rings is 2. The third-order valence-electron chi connectivity index (χ3n) is 5.56. The van der Waals surface area contributed by atoms with E-state index < -0.39 is 12.1 Å². The molecule has 0 saturated heterocycles. The van der Waals surface area contributed by atoms with E-state index in [1.807, 2.05) is 48.5 Å². The Morgan fingerprint density at radius 3 is 2.52 bits per heavy atom. The first kappa shape index (κ1) is 23.0. The Bertz CT molecular complexity index is 1100. The van der Waals surface area contributed by atoms with Gasteiger partial charge >= 0.3 is 0 Å². The van der Waals surface area contributed by atoms with Crippen LogP contribution in [0.2, 0.25) is 0 Å². The number of hydrogen-bond donors (Lipinski definition) is 3. The van der Waals surface area contributed by atoms with Crippen molar-refractivity contribution < 1.29 is 19.3 Å². The lowest BCUT2D eigenvalue weighted by molar-refractivity contribution is 0.176. The molecule has 3 aromatic rings. The van der Waals surface area contributed by atoms with Gasteiger partial charge in [0.05, 0.1) is 6.61 Å². The summed E-state index contributed by atoms with van der Waals surface area (Å²) in [6.45, 7) is 1.46. The van der Waals surface area contributed by atoms with Gasteiger partial charge in [0.2, 0.25) is 0 Å². The summed E-state index contributed by atoms with van der Waals surface area (Å²) in [7, 11) is 0. The van der Waals surface area contributed by atoms with E-state index in [0.29, 0.717) is 12.4 Å². The Morgan fingerprint density at radius 2 is 1.88 bits per heavy atom. The largest absolute Gasteiger partial charge is 0.489 e. The van der Waals surface area contributed by atoms with Crippen LogP contribution in [0.25, 0.3) is 11.1 Å². The molecule has 3 N–H and O–H groups in total. The topological polar surface area (TPSA) is 79.5 Å². The molecule has 0 unspecified atom stereocenters. The quantitative estimate of drug-likeness (QED) is 0.437. The highest BCUT2D eigenvalue weighted by Crippen LogP contribution is 2.29. The van der Waals surface area contributed by atoms with E-state index in [2.05, 4.69) is 22.1 Å². The van der Waals surface area contributed by atoms with E-state index in [9.17, 15) is 14.6 Å². The minimum Gasteiger partial charge on any atom is -0.489 e. The summed E-state index contributed by atoms with van der Waals surface area (Å²) in [5.74, 6) is 7.43. The number of alkyl halides is 1. The minimum atomic E-state index is -0.740. The molecule has 172 valence electrons. The molecule has 1 fully saturated rings. The SMILES string of the molecule is C[C@H](O)c1nccn1[C@@H](C#Cc1ccc(-c2ccc(O[C@@H]3C[C@H]3NCCF)cc2)cc1)CO. The van der Waals surface area contributed by atoms with E-state index in [0.717, 1.165) is 28.9 Å². The molecule has 0 aliphatic heterocycles. The third-order valence-corrected chi connectivity index (χ3v) is 5.56. The molecule has 4 atom stereocenters. The summed E-state index contributed by atoms with van der Waals surface area (Å²) in [5.41, 5.74) is 2.96. The van der Waals surface area contributed by atoms with Gasteiger partial charge in [-0.1, -0.05) is 36.1 Å². The van der Waals surface area contributed by atoms with E-state index in [1.165, 1.54) is 0 Å². The van der Waals surface area contributed by atoms with Crippen LogP contribution in [0.4, 0.5) is 4.39 Å². The van der Waals surface area contributed by atoms with Crippen LogP contribution < -0.4 is 10.1 Å². The molecule has 0 spiro atoms. The van der Waals surface area contributed by atoms with Crippen LogP contribution in [-0.4, -0.2) is 51.7 Å². The smallest absolute Gasteiger partial charge is 0.138 e. The standard InChI is InChI=1S/C26H28FN3O3/c1-18(32)26-29-14-15-30(26)22(17-31)9-4-19-2-5-20(6-3-19)21-7-10-23(11-8-21)33-25-16-24(25)28-13-12-27/h2-3,5-8,10-11,14-15,18,22,24-25,28,31-32H,12-13,16-17H2,1H3/t18-,22-,24+,25+/m0/s1. The number of nitrogens with zero attached hydrogens (tertiary/aromatic N) is 2. The van der Waals surface area contributed by atoms with Crippen molar-refractivity contribution in [2.24, 2.45) is 0 Å². The van der Waals surface area contributed by atoms with Gasteiger partial charge < -0.3 is 24.8 Å². The Morgan fingerprint density at radius 1 is 1.18 bits per heavy atom.